The molecule has 0 radical (unpaired) electrons. The number of hydrogen-bond acceptors (Lipinski definition) is 3. The molecule has 0 bridgehead atoms. The van der Waals surface area contributed by atoms with Crippen molar-refractivity contribution in [2.75, 3.05) is 19.8 Å². The number of benzene rings is 2. The molecule has 0 saturated carbocycles. The predicted octanol–water partition coefficient (Wildman–Crippen LogP) is 3.08. The van der Waals surface area contributed by atoms with Gasteiger partial charge in [-0.25, -0.2) is 0 Å². The number of hydrogen-bond donors (Lipinski definition) is 1. The average molecular weight is 318 g/mol. The monoisotopic (exact) mass is 317 g/mol. The van der Waals surface area contributed by atoms with Gasteiger partial charge in [-0.3, -0.25) is 4.79 Å². The van der Waals surface area contributed by atoms with Gasteiger partial charge in [0.2, 0.25) is 0 Å². The van der Waals surface area contributed by atoms with Gasteiger partial charge in [0.25, 0.3) is 5.91 Å². The van der Waals surface area contributed by atoms with Crippen LogP contribution in [0.1, 0.15) is 15.9 Å². The van der Waals surface area contributed by atoms with E-state index in [0.29, 0.717) is 41.8 Å². The number of halogens is 1. The van der Waals surface area contributed by atoms with E-state index in [9.17, 15) is 4.79 Å². The zero-order chi connectivity index (χ0) is 15.4. The first-order valence-corrected chi connectivity index (χ1v) is 7.53. The van der Waals surface area contributed by atoms with Gasteiger partial charge in [-0.1, -0.05) is 29.8 Å². The fourth-order valence-corrected chi connectivity index (χ4v) is 2.45. The van der Waals surface area contributed by atoms with E-state index in [4.69, 9.17) is 21.1 Å². The maximum atomic E-state index is 12.3. The molecule has 4 nitrogen and oxygen atoms in total. The second-order valence-electron chi connectivity index (χ2n) is 4.96. The summed E-state index contributed by atoms with van der Waals surface area (Å²) in [6.45, 7) is 1.52. The van der Waals surface area contributed by atoms with Crippen molar-refractivity contribution in [1.82, 2.24) is 5.32 Å². The van der Waals surface area contributed by atoms with Gasteiger partial charge in [0, 0.05) is 11.6 Å². The van der Waals surface area contributed by atoms with Gasteiger partial charge in [-0.05, 0) is 36.2 Å². The summed E-state index contributed by atoms with van der Waals surface area (Å²) in [4.78, 5) is 12.3. The van der Waals surface area contributed by atoms with Crippen LogP contribution in [-0.4, -0.2) is 25.7 Å². The first-order chi connectivity index (χ1) is 10.7. The lowest BCUT2D eigenvalue weighted by molar-refractivity contribution is 0.0943. The van der Waals surface area contributed by atoms with Crippen LogP contribution in [0.3, 0.4) is 0 Å². The van der Waals surface area contributed by atoms with Gasteiger partial charge < -0.3 is 14.8 Å². The maximum Gasteiger partial charge on any atom is 0.255 e. The van der Waals surface area contributed by atoms with Crippen LogP contribution in [0.4, 0.5) is 0 Å². The van der Waals surface area contributed by atoms with E-state index in [0.717, 1.165) is 12.0 Å². The Morgan fingerprint density at radius 1 is 1.09 bits per heavy atom. The highest BCUT2D eigenvalue weighted by atomic mass is 35.5. The first kappa shape index (κ1) is 14.7. The number of amides is 1. The molecule has 0 saturated heterocycles. The van der Waals surface area contributed by atoms with E-state index >= 15 is 0 Å². The van der Waals surface area contributed by atoms with E-state index in [-0.39, 0.29) is 5.91 Å². The van der Waals surface area contributed by atoms with Crippen molar-refractivity contribution in [3.63, 3.8) is 0 Å². The molecular weight excluding hydrogens is 302 g/mol. The lowest BCUT2D eigenvalue weighted by atomic mass is 10.1. The summed E-state index contributed by atoms with van der Waals surface area (Å²) in [7, 11) is 0. The third kappa shape index (κ3) is 3.34. The summed E-state index contributed by atoms with van der Waals surface area (Å²) < 4.78 is 11.0. The largest absolute Gasteiger partial charge is 0.486 e. The minimum atomic E-state index is -0.156. The van der Waals surface area contributed by atoms with E-state index in [1.807, 2.05) is 24.3 Å². The van der Waals surface area contributed by atoms with Crippen molar-refractivity contribution in [2.24, 2.45) is 0 Å². The third-order valence-electron chi connectivity index (χ3n) is 3.42. The van der Waals surface area contributed by atoms with E-state index in [1.54, 1.807) is 18.2 Å². The van der Waals surface area contributed by atoms with Crippen molar-refractivity contribution in [1.29, 1.82) is 0 Å². The molecule has 1 N–H and O–H groups in total. The lowest BCUT2D eigenvalue weighted by Gasteiger charge is -2.20. The number of nitrogens with one attached hydrogen (secondary N) is 1. The van der Waals surface area contributed by atoms with Crippen LogP contribution < -0.4 is 14.8 Å². The molecule has 3 rings (SSSR count). The van der Waals surface area contributed by atoms with Crippen LogP contribution in [0.5, 0.6) is 11.5 Å². The van der Waals surface area contributed by atoms with Gasteiger partial charge in [0.1, 0.15) is 13.2 Å². The molecule has 0 atom stereocenters. The summed E-state index contributed by atoms with van der Waals surface area (Å²) in [5, 5.41) is 3.61. The Hall–Kier alpha value is -2.20. The molecule has 1 aliphatic rings. The normalized spacial score (nSPS) is 12.8. The minimum absolute atomic E-state index is 0.156. The summed E-state index contributed by atoms with van der Waals surface area (Å²) >= 11 is 5.85. The third-order valence-corrected chi connectivity index (χ3v) is 3.68. The molecule has 5 heteroatoms. The molecular formula is C17H16ClNO3. The molecule has 2 aromatic carbocycles. The van der Waals surface area contributed by atoms with Gasteiger partial charge in [-0.15, -0.1) is 0 Å². The zero-order valence-electron chi connectivity index (χ0n) is 12.0. The van der Waals surface area contributed by atoms with Crippen molar-refractivity contribution < 1.29 is 14.3 Å². The van der Waals surface area contributed by atoms with Crippen molar-refractivity contribution in [3.05, 3.63) is 58.6 Å². The molecule has 22 heavy (non-hydrogen) atoms. The van der Waals surface area contributed by atoms with Crippen molar-refractivity contribution >= 4 is 17.5 Å². The Labute approximate surface area is 134 Å². The molecule has 0 spiro atoms. The smallest absolute Gasteiger partial charge is 0.255 e. The standard InChI is InChI=1S/C17H16ClNO3/c18-13-6-4-12(5-7-13)8-9-19-17(20)14-2-1-3-15-16(14)22-11-10-21-15/h1-7H,8-11H2,(H,19,20). The van der Waals surface area contributed by atoms with Crippen LogP contribution in [0.15, 0.2) is 42.5 Å². The number of carbonyl (C=O) groups excluding carboxylic acids is 1. The fraction of sp³-hybridized carbons (Fsp3) is 0.235. The molecule has 0 fully saturated rings. The Morgan fingerprint density at radius 3 is 2.68 bits per heavy atom. The number of fused-ring (bicyclic) bond motifs is 1. The average Bonchev–Trinajstić information content (AvgIpc) is 2.56. The summed E-state index contributed by atoms with van der Waals surface area (Å²) in [6.07, 6.45) is 0.745. The molecule has 0 aliphatic carbocycles. The Bertz CT molecular complexity index is 670. The quantitative estimate of drug-likeness (QED) is 0.942. The van der Waals surface area contributed by atoms with Gasteiger partial charge in [-0.2, -0.15) is 0 Å². The predicted molar refractivity (Wildman–Crippen MR) is 84.9 cm³/mol. The highest BCUT2D eigenvalue weighted by Gasteiger charge is 2.19. The molecule has 1 amide bonds. The van der Waals surface area contributed by atoms with Gasteiger partial charge in [0.15, 0.2) is 11.5 Å². The highest BCUT2D eigenvalue weighted by molar-refractivity contribution is 6.30. The lowest BCUT2D eigenvalue weighted by Crippen LogP contribution is -2.27. The molecule has 114 valence electrons. The SMILES string of the molecule is O=C(NCCc1ccc(Cl)cc1)c1cccc2c1OCCO2. The Balaban J connectivity index is 1.61. The molecule has 2 aromatic rings. The van der Waals surface area contributed by atoms with Crippen LogP contribution >= 0.6 is 11.6 Å². The molecule has 1 heterocycles. The molecule has 0 unspecified atom stereocenters. The highest BCUT2D eigenvalue weighted by Crippen LogP contribution is 2.33. The summed E-state index contributed by atoms with van der Waals surface area (Å²) in [5.74, 6) is 0.991. The van der Waals surface area contributed by atoms with Gasteiger partial charge in [0.05, 0.1) is 5.56 Å². The second-order valence-corrected chi connectivity index (χ2v) is 5.40. The van der Waals surface area contributed by atoms with Crippen molar-refractivity contribution in [2.45, 2.75) is 6.42 Å². The van der Waals surface area contributed by atoms with Crippen LogP contribution in [0, 0.1) is 0 Å². The number of para-hydroxylation sites is 1. The Morgan fingerprint density at radius 2 is 1.86 bits per heavy atom. The van der Waals surface area contributed by atoms with E-state index in [2.05, 4.69) is 5.32 Å². The van der Waals surface area contributed by atoms with E-state index < -0.39 is 0 Å². The van der Waals surface area contributed by atoms with Crippen LogP contribution in [-0.2, 0) is 6.42 Å². The zero-order valence-corrected chi connectivity index (χ0v) is 12.7. The van der Waals surface area contributed by atoms with Gasteiger partial charge >= 0.3 is 0 Å². The second kappa shape index (κ2) is 6.71. The topological polar surface area (TPSA) is 47.6 Å². The Kier molecular flexibility index (Phi) is 4.49. The maximum absolute atomic E-state index is 12.3. The molecule has 0 aromatic heterocycles. The van der Waals surface area contributed by atoms with E-state index in [1.165, 1.54) is 0 Å². The fourth-order valence-electron chi connectivity index (χ4n) is 2.32. The number of rotatable bonds is 4. The minimum Gasteiger partial charge on any atom is -0.486 e. The van der Waals surface area contributed by atoms with Crippen LogP contribution in [0.2, 0.25) is 5.02 Å². The van der Waals surface area contributed by atoms with Crippen LogP contribution in [0.25, 0.3) is 0 Å². The molecule has 1 aliphatic heterocycles. The first-order valence-electron chi connectivity index (χ1n) is 7.15. The van der Waals surface area contributed by atoms with Crippen molar-refractivity contribution in [3.8, 4) is 11.5 Å². The summed E-state index contributed by atoms with van der Waals surface area (Å²) in [6, 6.07) is 12.9. The number of carbonyl (C=O) groups is 1. The summed E-state index contributed by atoms with van der Waals surface area (Å²) in [5.41, 5.74) is 1.63. The number of ether oxygens (including phenoxy) is 2.